The molecule has 2 aromatic rings. The Bertz CT molecular complexity index is 878. The fraction of sp³-hybridized carbons (Fsp3) is 0.480. The molecule has 0 saturated carbocycles. The second kappa shape index (κ2) is 11.7. The number of nitrogens with two attached hydrogens (primary N) is 2. The van der Waals surface area contributed by atoms with Gasteiger partial charge in [-0.05, 0) is 74.7 Å². The molecule has 0 spiro atoms. The molecular formula is C25H38N4O2. The third-order valence-electron chi connectivity index (χ3n) is 6.13. The van der Waals surface area contributed by atoms with Crippen LogP contribution in [0.15, 0.2) is 30.3 Å². The number of anilines is 2. The third kappa shape index (κ3) is 5.57. The van der Waals surface area contributed by atoms with Crippen molar-refractivity contribution in [2.75, 3.05) is 44.4 Å². The Kier molecular flexibility index (Phi) is 9.34. The molecule has 1 aliphatic heterocycles. The maximum Gasteiger partial charge on any atom is 0.306 e. The first-order chi connectivity index (χ1) is 15.0. The van der Waals surface area contributed by atoms with E-state index in [2.05, 4.69) is 67.1 Å². The van der Waals surface area contributed by atoms with E-state index >= 15 is 0 Å². The molecule has 5 N–H and O–H groups in total. The molecule has 0 fully saturated rings. The van der Waals surface area contributed by atoms with Crippen LogP contribution >= 0.6 is 0 Å². The zero-order valence-corrected chi connectivity index (χ0v) is 19.6. The molecule has 2 aromatic carbocycles. The van der Waals surface area contributed by atoms with E-state index in [1.54, 1.807) is 0 Å². The van der Waals surface area contributed by atoms with E-state index in [9.17, 15) is 4.79 Å². The topological polar surface area (TPSA) is 93.6 Å². The minimum atomic E-state index is -0.211. The van der Waals surface area contributed by atoms with Crippen molar-refractivity contribution in [2.24, 2.45) is 5.73 Å². The number of rotatable bonds is 7. The minimum Gasteiger partial charge on any atom is -0.469 e. The van der Waals surface area contributed by atoms with Crippen molar-refractivity contribution in [3.63, 3.8) is 0 Å². The van der Waals surface area contributed by atoms with Crippen LogP contribution in [0.25, 0.3) is 0 Å². The van der Waals surface area contributed by atoms with Crippen molar-refractivity contribution >= 4 is 17.3 Å². The molecule has 170 valence electrons. The van der Waals surface area contributed by atoms with Gasteiger partial charge in [0, 0.05) is 25.6 Å². The predicted octanol–water partition coefficient (Wildman–Crippen LogP) is 3.34. The smallest absolute Gasteiger partial charge is 0.306 e. The minimum absolute atomic E-state index is 0.0808. The van der Waals surface area contributed by atoms with Crippen molar-refractivity contribution in [3.8, 4) is 0 Å². The Morgan fingerprint density at radius 3 is 2.52 bits per heavy atom. The fourth-order valence-electron chi connectivity index (χ4n) is 4.32. The van der Waals surface area contributed by atoms with Crippen LogP contribution in [-0.2, 0) is 22.5 Å². The first-order valence-electron chi connectivity index (χ1n) is 11.1. The summed E-state index contributed by atoms with van der Waals surface area (Å²) in [5, 5.41) is 3.43. The summed E-state index contributed by atoms with van der Waals surface area (Å²) in [5.41, 5.74) is 18.9. The van der Waals surface area contributed by atoms with E-state index in [-0.39, 0.29) is 11.9 Å². The van der Waals surface area contributed by atoms with Gasteiger partial charge in [-0.15, -0.1) is 0 Å². The molecule has 1 unspecified atom stereocenters. The number of methoxy groups -OCH3 is 1. The lowest BCUT2D eigenvalue weighted by molar-refractivity contribution is -0.140. The highest BCUT2D eigenvalue weighted by molar-refractivity contribution is 5.75. The standard InChI is InChI=1S/C24H33N3O2.CH5N/c1-5-27(6-2)22-10-9-20(16(3)24(22)25)21(14-23(28)29-4)18-8-7-17-11-12-26-15-19(17)13-18;1-2/h7-10,13,21,26H,5-6,11-12,14-15,25H2,1-4H3;2H2,1H3. The first-order valence-corrected chi connectivity index (χ1v) is 11.1. The average Bonchev–Trinajstić information content (AvgIpc) is 2.82. The van der Waals surface area contributed by atoms with Crippen LogP contribution in [0.5, 0.6) is 0 Å². The van der Waals surface area contributed by atoms with Crippen molar-refractivity contribution < 1.29 is 9.53 Å². The Labute approximate surface area is 186 Å². The molecule has 3 rings (SSSR count). The number of esters is 1. The first kappa shape index (κ1) is 24.7. The maximum atomic E-state index is 12.2. The second-order valence-electron chi connectivity index (χ2n) is 7.67. The lowest BCUT2D eigenvalue weighted by Crippen LogP contribution is -2.24. The van der Waals surface area contributed by atoms with E-state index in [0.29, 0.717) is 6.42 Å². The molecule has 1 atom stereocenters. The third-order valence-corrected chi connectivity index (χ3v) is 6.13. The molecule has 0 amide bonds. The number of carbonyl (C=O) groups is 1. The van der Waals surface area contributed by atoms with Gasteiger partial charge in [0.05, 0.1) is 24.9 Å². The number of ether oxygens (including phenoxy) is 1. The van der Waals surface area contributed by atoms with Crippen LogP contribution < -0.4 is 21.7 Å². The number of carbonyl (C=O) groups excluding carboxylic acids is 1. The summed E-state index contributed by atoms with van der Waals surface area (Å²) in [5.74, 6) is -0.292. The average molecular weight is 427 g/mol. The van der Waals surface area contributed by atoms with E-state index in [1.807, 2.05) is 0 Å². The molecule has 6 heteroatoms. The molecule has 1 aliphatic rings. The van der Waals surface area contributed by atoms with Crippen molar-refractivity contribution in [3.05, 3.63) is 58.1 Å². The Hall–Kier alpha value is -2.57. The van der Waals surface area contributed by atoms with Crippen LogP contribution in [0.2, 0.25) is 0 Å². The van der Waals surface area contributed by atoms with Gasteiger partial charge in [-0.1, -0.05) is 24.3 Å². The van der Waals surface area contributed by atoms with Gasteiger partial charge in [0.1, 0.15) is 0 Å². The zero-order valence-electron chi connectivity index (χ0n) is 19.6. The van der Waals surface area contributed by atoms with Gasteiger partial charge < -0.3 is 26.4 Å². The highest BCUT2D eigenvalue weighted by Crippen LogP contribution is 2.37. The van der Waals surface area contributed by atoms with Gasteiger partial charge in [-0.3, -0.25) is 4.79 Å². The number of hydrogen-bond acceptors (Lipinski definition) is 6. The van der Waals surface area contributed by atoms with Gasteiger partial charge in [-0.25, -0.2) is 0 Å². The van der Waals surface area contributed by atoms with E-state index in [1.165, 1.54) is 25.3 Å². The fourth-order valence-corrected chi connectivity index (χ4v) is 4.32. The van der Waals surface area contributed by atoms with Gasteiger partial charge in [0.2, 0.25) is 0 Å². The molecule has 1 heterocycles. The van der Waals surface area contributed by atoms with Crippen LogP contribution in [0.4, 0.5) is 11.4 Å². The molecule has 0 saturated heterocycles. The largest absolute Gasteiger partial charge is 0.469 e. The quantitative estimate of drug-likeness (QED) is 0.464. The normalized spacial score (nSPS) is 13.5. The molecule has 0 aromatic heterocycles. The maximum absolute atomic E-state index is 12.2. The lowest BCUT2D eigenvalue weighted by Gasteiger charge is -2.27. The van der Waals surface area contributed by atoms with E-state index in [4.69, 9.17) is 10.5 Å². The summed E-state index contributed by atoms with van der Waals surface area (Å²) < 4.78 is 5.01. The van der Waals surface area contributed by atoms with E-state index < -0.39 is 0 Å². The SMILES string of the molecule is CCN(CC)c1ccc(C(CC(=O)OC)c2ccc3c(c2)CNCC3)c(C)c1N.CN. The molecule has 6 nitrogen and oxygen atoms in total. The van der Waals surface area contributed by atoms with Crippen molar-refractivity contribution in [1.29, 1.82) is 0 Å². The Balaban J connectivity index is 0.00000166. The summed E-state index contributed by atoms with van der Waals surface area (Å²) in [6.07, 6.45) is 1.34. The number of nitrogens with zero attached hydrogens (tertiary/aromatic N) is 1. The number of nitrogens with one attached hydrogen (secondary N) is 1. The van der Waals surface area contributed by atoms with Crippen LogP contribution in [0.1, 0.15) is 54.0 Å². The van der Waals surface area contributed by atoms with Crippen molar-refractivity contribution in [1.82, 2.24) is 5.32 Å². The van der Waals surface area contributed by atoms with Gasteiger partial charge in [0.15, 0.2) is 0 Å². The highest BCUT2D eigenvalue weighted by atomic mass is 16.5. The molecule has 31 heavy (non-hydrogen) atoms. The molecular weight excluding hydrogens is 388 g/mol. The van der Waals surface area contributed by atoms with Crippen LogP contribution in [0, 0.1) is 6.92 Å². The highest BCUT2D eigenvalue weighted by Gasteiger charge is 2.24. The Morgan fingerprint density at radius 2 is 1.87 bits per heavy atom. The van der Waals surface area contributed by atoms with Crippen LogP contribution in [0.3, 0.4) is 0 Å². The zero-order chi connectivity index (χ0) is 23.0. The van der Waals surface area contributed by atoms with Crippen molar-refractivity contribution in [2.45, 2.75) is 46.1 Å². The second-order valence-corrected chi connectivity index (χ2v) is 7.67. The number of nitrogen functional groups attached to an aromatic ring is 1. The van der Waals surface area contributed by atoms with Gasteiger partial charge in [0.25, 0.3) is 0 Å². The van der Waals surface area contributed by atoms with Gasteiger partial charge >= 0.3 is 5.97 Å². The number of fused-ring (bicyclic) bond motifs is 1. The summed E-state index contributed by atoms with van der Waals surface area (Å²) in [6, 6.07) is 10.8. The number of benzene rings is 2. The van der Waals surface area contributed by atoms with Gasteiger partial charge in [-0.2, -0.15) is 0 Å². The summed E-state index contributed by atoms with van der Waals surface area (Å²) in [6.45, 7) is 10.0. The number of hydrogen-bond donors (Lipinski definition) is 3. The summed E-state index contributed by atoms with van der Waals surface area (Å²) in [4.78, 5) is 14.5. The molecule has 0 radical (unpaired) electrons. The van der Waals surface area contributed by atoms with Crippen LogP contribution in [-0.4, -0.2) is 39.8 Å². The molecule has 0 bridgehead atoms. The predicted molar refractivity (Wildman–Crippen MR) is 130 cm³/mol. The lowest BCUT2D eigenvalue weighted by atomic mass is 9.83. The summed E-state index contributed by atoms with van der Waals surface area (Å²) in [7, 11) is 2.95. The molecule has 0 aliphatic carbocycles. The summed E-state index contributed by atoms with van der Waals surface area (Å²) >= 11 is 0. The van der Waals surface area contributed by atoms with E-state index in [0.717, 1.165) is 60.7 Å². The Morgan fingerprint density at radius 1 is 1.16 bits per heavy atom. The monoisotopic (exact) mass is 426 g/mol.